The van der Waals surface area contributed by atoms with Crippen LogP contribution in [0.1, 0.15) is 6.92 Å². The lowest BCUT2D eigenvalue weighted by molar-refractivity contribution is -0.119. The van der Waals surface area contributed by atoms with E-state index in [0.717, 1.165) is 28.6 Å². The summed E-state index contributed by atoms with van der Waals surface area (Å²) in [5, 5.41) is 4.97. The molecule has 4 rings (SSSR count). The highest BCUT2D eigenvalue weighted by Gasteiger charge is 2.21. The van der Waals surface area contributed by atoms with Crippen molar-refractivity contribution in [2.45, 2.75) is 13.0 Å². The van der Waals surface area contributed by atoms with Gasteiger partial charge in [-0.05, 0) is 24.4 Å². The largest absolute Gasteiger partial charge is 0.379 e. The Kier molecular flexibility index (Phi) is 4.87. The monoisotopic (exact) mass is 365 g/mol. The van der Waals surface area contributed by atoms with E-state index in [2.05, 4.69) is 39.2 Å². The summed E-state index contributed by atoms with van der Waals surface area (Å²) in [7, 11) is 1.97. The summed E-state index contributed by atoms with van der Waals surface area (Å²) in [4.78, 5) is 23.1. The summed E-state index contributed by atoms with van der Waals surface area (Å²) in [6, 6.07) is 8.34. The van der Waals surface area contributed by atoms with Gasteiger partial charge in [-0.15, -0.1) is 0 Å². The Hall–Kier alpha value is -2.77. The number of aryl methyl sites for hydroxylation is 1. The van der Waals surface area contributed by atoms with E-state index in [0.29, 0.717) is 25.6 Å². The molecule has 140 valence electrons. The van der Waals surface area contributed by atoms with E-state index < -0.39 is 0 Å². The van der Waals surface area contributed by atoms with Gasteiger partial charge < -0.3 is 14.6 Å². The Balaban J connectivity index is 1.52. The fraction of sp³-hybridized carbons (Fsp3) is 0.350. The van der Waals surface area contributed by atoms with Crippen molar-refractivity contribution in [3.05, 3.63) is 43.0 Å². The maximum absolute atomic E-state index is 12.4. The van der Waals surface area contributed by atoms with Crippen LogP contribution in [-0.4, -0.2) is 57.7 Å². The molecule has 0 aliphatic carbocycles. The van der Waals surface area contributed by atoms with Gasteiger partial charge in [-0.25, -0.2) is 9.97 Å². The Labute approximate surface area is 158 Å². The molecule has 3 aromatic rings. The number of ether oxygens (including phenoxy) is 1. The van der Waals surface area contributed by atoms with Crippen molar-refractivity contribution in [2.75, 3.05) is 31.6 Å². The van der Waals surface area contributed by atoms with Crippen LogP contribution in [0.3, 0.4) is 0 Å². The van der Waals surface area contributed by atoms with E-state index in [1.54, 1.807) is 12.5 Å². The number of pyridine rings is 1. The van der Waals surface area contributed by atoms with E-state index in [9.17, 15) is 4.79 Å². The highest BCUT2D eigenvalue weighted by atomic mass is 16.5. The highest BCUT2D eigenvalue weighted by molar-refractivity contribution is 5.94. The molecule has 1 N–H and O–H groups in total. The van der Waals surface area contributed by atoms with Gasteiger partial charge in [-0.3, -0.25) is 9.69 Å². The van der Waals surface area contributed by atoms with Gasteiger partial charge in [0.05, 0.1) is 38.0 Å². The molecule has 3 heterocycles. The minimum absolute atomic E-state index is 0.0570. The van der Waals surface area contributed by atoms with Gasteiger partial charge in [0, 0.05) is 36.8 Å². The molecular weight excluding hydrogens is 342 g/mol. The van der Waals surface area contributed by atoms with Crippen molar-refractivity contribution >= 4 is 22.5 Å². The third-order valence-electron chi connectivity index (χ3n) is 4.95. The van der Waals surface area contributed by atoms with Crippen molar-refractivity contribution in [1.82, 2.24) is 19.4 Å². The van der Waals surface area contributed by atoms with Gasteiger partial charge in [0.15, 0.2) is 0 Å². The smallest absolute Gasteiger partial charge is 0.239 e. The zero-order chi connectivity index (χ0) is 18.8. The van der Waals surface area contributed by atoms with Crippen molar-refractivity contribution in [3.63, 3.8) is 0 Å². The number of fused-ring (bicyclic) bond motifs is 1. The van der Waals surface area contributed by atoms with E-state index in [-0.39, 0.29) is 11.9 Å². The van der Waals surface area contributed by atoms with Crippen molar-refractivity contribution in [2.24, 2.45) is 7.05 Å². The molecule has 1 aromatic carbocycles. The molecule has 1 fully saturated rings. The third-order valence-corrected chi connectivity index (χ3v) is 4.95. The Morgan fingerprint density at radius 2 is 2.19 bits per heavy atom. The summed E-state index contributed by atoms with van der Waals surface area (Å²) in [5.41, 5.74) is 2.12. The normalized spacial score (nSPS) is 17.9. The summed E-state index contributed by atoms with van der Waals surface area (Å²) in [6.45, 7) is 4.52. The Bertz CT molecular complexity index is 968. The topological polar surface area (TPSA) is 72.3 Å². The lowest BCUT2D eigenvalue weighted by Gasteiger charge is -2.32. The van der Waals surface area contributed by atoms with Gasteiger partial charge in [0.1, 0.15) is 5.82 Å². The molecule has 0 saturated carbocycles. The number of nitrogens with one attached hydrogen (secondary N) is 1. The number of amides is 1. The van der Waals surface area contributed by atoms with Gasteiger partial charge in [-0.2, -0.15) is 0 Å². The fourth-order valence-corrected chi connectivity index (χ4v) is 3.37. The Morgan fingerprint density at radius 1 is 1.30 bits per heavy atom. The molecule has 0 spiro atoms. The van der Waals surface area contributed by atoms with Gasteiger partial charge in [0.25, 0.3) is 0 Å². The van der Waals surface area contributed by atoms with Crippen LogP contribution in [0, 0.1) is 0 Å². The van der Waals surface area contributed by atoms with E-state index in [1.807, 2.05) is 29.9 Å². The molecule has 1 saturated heterocycles. The lowest BCUT2D eigenvalue weighted by atomic mass is 10.1. The number of morpholine rings is 1. The SMILES string of the molecule is C[C@@H]1COCCN1CC(=O)Nc1cc2cc(-c3cncn3C)ccc2cn1. The number of aromatic nitrogens is 3. The number of hydrogen-bond acceptors (Lipinski definition) is 5. The second kappa shape index (κ2) is 7.46. The van der Waals surface area contributed by atoms with Crippen LogP contribution in [0.25, 0.3) is 22.0 Å². The van der Waals surface area contributed by atoms with Crippen LogP contribution in [-0.2, 0) is 16.6 Å². The number of hydrogen-bond donors (Lipinski definition) is 1. The molecule has 0 bridgehead atoms. The van der Waals surface area contributed by atoms with Gasteiger partial charge in [-0.1, -0.05) is 12.1 Å². The van der Waals surface area contributed by atoms with Crippen molar-refractivity contribution < 1.29 is 9.53 Å². The minimum Gasteiger partial charge on any atom is -0.379 e. The molecule has 7 heteroatoms. The summed E-state index contributed by atoms with van der Waals surface area (Å²) < 4.78 is 7.40. The second-order valence-corrected chi connectivity index (χ2v) is 6.96. The predicted molar refractivity (Wildman–Crippen MR) is 104 cm³/mol. The average Bonchev–Trinajstić information content (AvgIpc) is 3.09. The van der Waals surface area contributed by atoms with Gasteiger partial charge in [0.2, 0.25) is 5.91 Å². The molecule has 1 aliphatic heterocycles. The van der Waals surface area contributed by atoms with E-state index in [1.165, 1.54) is 0 Å². The molecule has 1 amide bonds. The predicted octanol–water partition coefficient (Wildman–Crippen LogP) is 2.29. The molecule has 0 radical (unpaired) electrons. The number of carbonyl (C=O) groups is 1. The van der Waals surface area contributed by atoms with E-state index in [4.69, 9.17) is 4.74 Å². The molecular formula is C20H23N5O2. The maximum Gasteiger partial charge on any atom is 0.239 e. The quantitative estimate of drug-likeness (QED) is 0.768. The maximum atomic E-state index is 12.4. The number of nitrogens with zero attached hydrogens (tertiary/aromatic N) is 4. The number of anilines is 1. The van der Waals surface area contributed by atoms with Crippen LogP contribution in [0.4, 0.5) is 5.82 Å². The van der Waals surface area contributed by atoms with Crippen LogP contribution < -0.4 is 5.32 Å². The summed E-state index contributed by atoms with van der Waals surface area (Å²) in [6.07, 6.45) is 5.41. The molecule has 1 aliphatic rings. The van der Waals surface area contributed by atoms with E-state index >= 15 is 0 Å². The molecule has 27 heavy (non-hydrogen) atoms. The average molecular weight is 365 g/mol. The third kappa shape index (κ3) is 3.84. The zero-order valence-electron chi connectivity index (χ0n) is 15.6. The van der Waals surface area contributed by atoms with Crippen molar-refractivity contribution in [3.8, 4) is 11.3 Å². The summed E-state index contributed by atoms with van der Waals surface area (Å²) >= 11 is 0. The summed E-state index contributed by atoms with van der Waals surface area (Å²) in [5.74, 6) is 0.508. The Morgan fingerprint density at radius 3 is 2.96 bits per heavy atom. The lowest BCUT2D eigenvalue weighted by Crippen LogP contribution is -2.47. The van der Waals surface area contributed by atoms with Crippen LogP contribution in [0.5, 0.6) is 0 Å². The molecule has 2 aromatic heterocycles. The van der Waals surface area contributed by atoms with Crippen molar-refractivity contribution in [1.29, 1.82) is 0 Å². The van der Waals surface area contributed by atoms with Crippen LogP contribution in [0.2, 0.25) is 0 Å². The molecule has 1 atom stereocenters. The number of imidazole rings is 1. The first kappa shape index (κ1) is 17.6. The first-order valence-corrected chi connectivity index (χ1v) is 9.08. The zero-order valence-corrected chi connectivity index (χ0v) is 15.6. The number of carbonyl (C=O) groups excluding carboxylic acids is 1. The first-order chi connectivity index (χ1) is 13.1. The van der Waals surface area contributed by atoms with Crippen LogP contribution in [0.15, 0.2) is 43.0 Å². The number of benzene rings is 1. The fourth-order valence-electron chi connectivity index (χ4n) is 3.37. The minimum atomic E-state index is -0.0570. The highest BCUT2D eigenvalue weighted by Crippen LogP contribution is 2.25. The second-order valence-electron chi connectivity index (χ2n) is 6.96. The van der Waals surface area contributed by atoms with Crippen LogP contribution >= 0.6 is 0 Å². The first-order valence-electron chi connectivity index (χ1n) is 9.08. The molecule has 7 nitrogen and oxygen atoms in total. The number of rotatable bonds is 4. The van der Waals surface area contributed by atoms with Gasteiger partial charge >= 0.3 is 0 Å². The molecule has 0 unspecified atom stereocenters. The standard InChI is InChI=1S/C20H23N5O2/c1-14-12-27-6-5-25(14)11-20(26)23-19-8-17-7-15(3-4-16(17)9-22-19)18-10-21-13-24(18)2/h3-4,7-10,13-14H,5-6,11-12H2,1-2H3,(H,22,23,26)/t14-/m1/s1.